The fourth-order valence-corrected chi connectivity index (χ4v) is 1.83. The Kier molecular flexibility index (Phi) is 3.43. The Hall–Kier alpha value is -1.10. The molecule has 1 aromatic carbocycles. The molecule has 1 heterocycles. The Morgan fingerprint density at radius 3 is 2.88 bits per heavy atom. The molecule has 0 amide bonds. The largest absolute Gasteiger partial charge is 0.313 e. The third kappa shape index (κ3) is 2.35. The van der Waals surface area contributed by atoms with Crippen LogP contribution in [0.1, 0.15) is 5.82 Å². The Labute approximate surface area is 103 Å². The number of nitrogens with one attached hydrogen (secondary N) is 2. The Morgan fingerprint density at radius 2 is 2.19 bits per heavy atom. The van der Waals surface area contributed by atoms with Crippen LogP contribution < -0.4 is 5.32 Å². The van der Waals surface area contributed by atoms with Gasteiger partial charge in [0.25, 0.3) is 0 Å². The van der Waals surface area contributed by atoms with Crippen molar-refractivity contribution in [1.82, 2.24) is 20.5 Å². The fourth-order valence-electron chi connectivity index (χ4n) is 1.33. The summed E-state index contributed by atoms with van der Waals surface area (Å²) in [5, 5.41) is 11.0. The van der Waals surface area contributed by atoms with Gasteiger partial charge in [-0.15, -0.1) is 0 Å². The van der Waals surface area contributed by atoms with E-state index in [1.165, 1.54) is 0 Å². The lowest BCUT2D eigenvalue weighted by molar-refractivity contribution is 0.763. The van der Waals surface area contributed by atoms with Crippen LogP contribution in [0.3, 0.4) is 0 Å². The van der Waals surface area contributed by atoms with Gasteiger partial charge in [0, 0.05) is 10.6 Å². The number of rotatable bonds is 3. The van der Waals surface area contributed by atoms with E-state index in [4.69, 9.17) is 23.2 Å². The van der Waals surface area contributed by atoms with Crippen molar-refractivity contribution >= 4 is 23.2 Å². The van der Waals surface area contributed by atoms with Gasteiger partial charge < -0.3 is 5.32 Å². The van der Waals surface area contributed by atoms with Crippen molar-refractivity contribution < 1.29 is 0 Å². The smallest absolute Gasteiger partial charge is 0.182 e. The topological polar surface area (TPSA) is 53.6 Å². The Bertz CT molecular complexity index is 495. The molecule has 0 aliphatic rings. The van der Waals surface area contributed by atoms with E-state index in [0.29, 0.717) is 22.4 Å². The van der Waals surface area contributed by atoms with Crippen LogP contribution in [0.5, 0.6) is 0 Å². The molecular formula is C10H10Cl2N4. The first-order chi connectivity index (χ1) is 7.70. The number of hydrogen-bond donors (Lipinski definition) is 2. The van der Waals surface area contributed by atoms with Gasteiger partial charge in [-0.2, -0.15) is 5.10 Å². The van der Waals surface area contributed by atoms with Crippen LogP contribution in [0.25, 0.3) is 11.4 Å². The molecule has 0 fully saturated rings. The van der Waals surface area contributed by atoms with Crippen molar-refractivity contribution in [2.45, 2.75) is 6.54 Å². The maximum atomic E-state index is 6.06. The van der Waals surface area contributed by atoms with E-state index in [9.17, 15) is 0 Å². The number of aromatic amines is 1. The predicted octanol–water partition coefficient (Wildman–Crippen LogP) is 2.50. The summed E-state index contributed by atoms with van der Waals surface area (Å²) in [4.78, 5) is 4.30. The summed E-state index contributed by atoms with van der Waals surface area (Å²) in [7, 11) is 1.84. The lowest BCUT2D eigenvalue weighted by Crippen LogP contribution is -2.06. The van der Waals surface area contributed by atoms with Gasteiger partial charge in [0.2, 0.25) is 0 Å². The number of aromatic nitrogens is 3. The molecule has 0 bridgehead atoms. The van der Waals surface area contributed by atoms with Gasteiger partial charge in [-0.3, -0.25) is 5.10 Å². The zero-order valence-electron chi connectivity index (χ0n) is 8.59. The molecule has 0 saturated carbocycles. The molecule has 0 spiro atoms. The van der Waals surface area contributed by atoms with E-state index in [1.54, 1.807) is 18.2 Å². The van der Waals surface area contributed by atoms with Crippen LogP contribution in [0, 0.1) is 0 Å². The maximum absolute atomic E-state index is 6.06. The van der Waals surface area contributed by atoms with Crippen molar-refractivity contribution in [3.05, 3.63) is 34.1 Å². The highest BCUT2D eigenvalue weighted by molar-refractivity contribution is 6.36. The van der Waals surface area contributed by atoms with Crippen molar-refractivity contribution in [3.63, 3.8) is 0 Å². The number of nitrogens with zero attached hydrogens (tertiary/aromatic N) is 2. The molecule has 16 heavy (non-hydrogen) atoms. The van der Waals surface area contributed by atoms with Crippen LogP contribution in [0.4, 0.5) is 0 Å². The summed E-state index contributed by atoms with van der Waals surface area (Å²) in [6.07, 6.45) is 0. The molecule has 2 rings (SSSR count). The minimum Gasteiger partial charge on any atom is -0.313 e. The van der Waals surface area contributed by atoms with Gasteiger partial charge in [0.1, 0.15) is 5.82 Å². The molecule has 84 valence electrons. The quantitative estimate of drug-likeness (QED) is 0.888. The molecule has 2 N–H and O–H groups in total. The molecule has 0 aliphatic carbocycles. The first kappa shape index (κ1) is 11.4. The summed E-state index contributed by atoms with van der Waals surface area (Å²) in [5.74, 6) is 1.34. The van der Waals surface area contributed by atoms with Crippen molar-refractivity contribution in [2.75, 3.05) is 7.05 Å². The van der Waals surface area contributed by atoms with Crippen LogP contribution in [-0.4, -0.2) is 22.2 Å². The van der Waals surface area contributed by atoms with Gasteiger partial charge in [-0.1, -0.05) is 23.2 Å². The predicted molar refractivity (Wildman–Crippen MR) is 64.6 cm³/mol. The summed E-state index contributed by atoms with van der Waals surface area (Å²) < 4.78 is 0. The maximum Gasteiger partial charge on any atom is 0.182 e. The molecule has 4 nitrogen and oxygen atoms in total. The normalized spacial score (nSPS) is 10.7. The molecule has 1 aromatic heterocycles. The second kappa shape index (κ2) is 4.82. The van der Waals surface area contributed by atoms with E-state index in [2.05, 4.69) is 20.5 Å². The Morgan fingerprint density at radius 1 is 1.38 bits per heavy atom. The van der Waals surface area contributed by atoms with Gasteiger partial charge >= 0.3 is 0 Å². The monoisotopic (exact) mass is 256 g/mol. The molecule has 0 saturated heterocycles. The third-order valence-corrected chi connectivity index (χ3v) is 2.60. The minimum atomic E-state index is 0.544. The highest BCUT2D eigenvalue weighted by Crippen LogP contribution is 2.27. The van der Waals surface area contributed by atoms with Gasteiger partial charge in [-0.05, 0) is 25.2 Å². The number of hydrogen-bond acceptors (Lipinski definition) is 3. The van der Waals surface area contributed by atoms with Crippen LogP contribution in [-0.2, 0) is 6.54 Å². The van der Waals surface area contributed by atoms with E-state index in [1.807, 2.05) is 7.05 Å². The number of H-pyrrole nitrogens is 1. The van der Waals surface area contributed by atoms with Gasteiger partial charge in [0.05, 0.1) is 11.6 Å². The van der Waals surface area contributed by atoms with Crippen LogP contribution in [0.2, 0.25) is 10.0 Å². The second-order valence-corrected chi connectivity index (χ2v) is 4.10. The zero-order valence-corrected chi connectivity index (χ0v) is 10.1. The Balaban J connectivity index is 2.35. The van der Waals surface area contributed by atoms with Gasteiger partial charge in [0.15, 0.2) is 5.82 Å². The third-order valence-electron chi connectivity index (χ3n) is 2.05. The lowest BCUT2D eigenvalue weighted by atomic mass is 10.2. The van der Waals surface area contributed by atoms with E-state index < -0.39 is 0 Å². The highest BCUT2D eigenvalue weighted by Gasteiger charge is 2.09. The summed E-state index contributed by atoms with van der Waals surface area (Å²) >= 11 is 11.9. The molecule has 0 aliphatic heterocycles. The second-order valence-electron chi connectivity index (χ2n) is 3.26. The van der Waals surface area contributed by atoms with Gasteiger partial charge in [-0.25, -0.2) is 4.98 Å². The van der Waals surface area contributed by atoms with E-state index >= 15 is 0 Å². The molecule has 0 radical (unpaired) electrons. The average Bonchev–Trinajstić information content (AvgIpc) is 2.67. The number of benzene rings is 1. The molecule has 6 heteroatoms. The summed E-state index contributed by atoms with van der Waals surface area (Å²) in [5.41, 5.74) is 0.768. The van der Waals surface area contributed by atoms with Crippen LogP contribution >= 0.6 is 23.2 Å². The molecule has 2 aromatic rings. The van der Waals surface area contributed by atoms with Crippen molar-refractivity contribution in [3.8, 4) is 11.4 Å². The molecule has 0 unspecified atom stereocenters. The molecule has 0 atom stereocenters. The van der Waals surface area contributed by atoms with E-state index in [0.717, 1.165) is 11.4 Å². The SMILES string of the molecule is CNCc1nc(-c2ccc(Cl)cc2Cl)n[nH]1. The average molecular weight is 257 g/mol. The van der Waals surface area contributed by atoms with E-state index in [-0.39, 0.29) is 0 Å². The van der Waals surface area contributed by atoms with Crippen LogP contribution in [0.15, 0.2) is 18.2 Å². The standard InChI is InChI=1S/C10H10Cl2N4/c1-13-5-9-14-10(16-15-9)7-3-2-6(11)4-8(7)12/h2-4,13H,5H2,1H3,(H,14,15,16). The lowest BCUT2D eigenvalue weighted by Gasteiger charge is -1.99. The summed E-state index contributed by atoms with van der Waals surface area (Å²) in [6.45, 7) is 0.637. The highest BCUT2D eigenvalue weighted by atomic mass is 35.5. The first-order valence-corrected chi connectivity index (χ1v) is 5.47. The van der Waals surface area contributed by atoms with Crippen molar-refractivity contribution in [1.29, 1.82) is 0 Å². The zero-order chi connectivity index (χ0) is 11.5. The van der Waals surface area contributed by atoms with Crippen molar-refractivity contribution in [2.24, 2.45) is 0 Å². The minimum absolute atomic E-state index is 0.544. The fraction of sp³-hybridized carbons (Fsp3) is 0.200. The molecular weight excluding hydrogens is 247 g/mol. The first-order valence-electron chi connectivity index (χ1n) is 4.72. The number of halogens is 2. The summed E-state index contributed by atoms with van der Waals surface area (Å²) in [6, 6.07) is 5.24.